The maximum atomic E-state index is 12.5. The van der Waals surface area contributed by atoms with Gasteiger partial charge in [0.2, 0.25) is 0 Å². The van der Waals surface area contributed by atoms with Gasteiger partial charge in [-0.1, -0.05) is 6.92 Å². The summed E-state index contributed by atoms with van der Waals surface area (Å²) in [7, 11) is -1.88. The Labute approximate surface area is 109 Å². The first kappa shape index (κ1) is 14.2. The van der Waals surface area contributed by atoms with Crippen LogP contribution in [0.4, 0.5) is 0 Å². The summed E-state index contributed by atoms with van der Waals surface area (Å²) in [5.74, 6) is 0.411. The molecule has 0 amide bonds. The first-order valence-electron chi connectivity index (χ1n) is 6.55. The predicted octanol–water partition coefficient (Wildman–Crippen LogP) is -0.772. The van der Waals surface area contributed by atoms with E-state index in [1.54, 1.807) is 11.4 Å². The topological polar surface area (TPSA) is 72.9 Å². The van der Waals surface area contributed by atoms with E-state index in [9.17, 15) is 13.5 Å². The van der Waals surface area contributed by atoms with E-state index in [-0.39, 0.29) is 6.04 Å². The number of β-amino-alcohol motifs (C(OH)–C–C–N with tert-alkyl or cyclic N) is 1. The lowest BCUT2D eigenvalue weighted by atomic mass is 10.0. The second kappa shape index (κ2) is 5.42. The average Bonchev–Trinajstić information content (AvgIpc) is 2.74. The highest BCUT2D eigenvalue weighted by atomic mass is 32.2. The molecule has 0 aliphatic carbocycles. The minimum atomic E-state index is -3.44. The zero-order chi connectivity index (χ0) is 13.3. The zero-order valence-corrected chi connectivity index (χ0v) is 11.9. The number of likely N-dealkylation sites (N-methyl/N-ethyl adjacent to an activating group) is 1. The zero-order valence-electron chi connectivity index (χ0n) is 11.0. The van der Waals surface area contributed by atoms with Gasteiger partial charge in [0.05, 0.1) is 12.1 Å². The van der Waals surface area contributed by atoms with Gasteiger partial charge in [0.25, 0.3) is 10.2 Å². The molecule has 0 bridgehead atoms. The van der Waals surface area contributed by atoms with Gasteiger partial charge in [-0.05, 0) is 18.8 Å². The molecule has 0 aromatic carbocycles. The van der Waals surface area contributed by atoms with Crippen LogP contribution in [-0.2, 0) is 10.2 Å². The second-order valence-corrected chi connectivity index (χ2v) is 7.41. The molecule has 2 rings (SSSR count). The molecule has 0 spiro atoms. The molecule has 2 aliphatic rings. The molecule has 18 heavy (non-hydrogen) atoms. The maximum Gasteiger partial charge on any atom is 0.282 e. The average molecular weight is 277 g/mol. The molecule has 0 aromatic rings. The van der Waals surface area contributed by atoms with Crippen molar-refractivity contribution in [3.63, 3.8) is 0 Å². The van der Waals surface area contributed by atoms with E-state index in [0.717, 1.165) is 12.8 Å². The number of nitrogens with zero attached hydrogens (tertiary/aromatic N) is 2. The molecule has 2 fully saturated rings. The Morgan fingerprint density at radius 1 is 1.39 bits per heavy atom. The van der Waals surface area contributed by atoms with Gasteiger partial charge < -0.3 is 10.4 Å². The van der Waals surface area contributed by atoms with Gasteiger partial charge in [-0.15, -0.1) is 0 Å². The van der Waals surface area contributed by atoms with Crippen LogP contribution in [0.5, 0.6) is 0 Å². The summed E-state index contributed by atoms with van der Waals surface area (Å²) in [5, 5.41) is 12.8. The summed E-state index contributed by atoms with van der Waals surface area (Å²) < 4.78 is 27.8. The minimum Gasteiger partial charge on any atom is -0.390 e. The number of piperidine rings is 1. The third-order valence-electron chi connectivity index (χ3n) is 3.93. The van der Waals surface area contributed by atoms with E-state index >= 15 is 0 Å². The lowest BCUT2D eigenvalue weighted by Gasteiger charge is -2.35. The summed E-state index contributed by atoms with van der Waals surface area (Å²) in [6.07, 6.45) is 1.38. The molecule has 2 N–H and O–H groups in total. The number of nitrogens with one attached hydrogen (secondary N) is 1. The molecule has 7 heteroatoms. The van der Waals surface area contributed by atoms with Gasteiger partial charge in [0.15, 0.2) is 0 Å². The molecule has 0 aromatic heterocycles. The van der Waals surface area contributed by atoms with Gasteiger partial charge in [-0.25, -0.2) is 0 Å². The van der Waals surface area contributed by atoms with Crippen molar-refractivity contribution in [1.82, 2.24) is 13.9 Å². The molecule has 0 saturated carbocycles. The van der Waals surface area contributed by atoms with Crippen LogP contribution in [0, 0.1) is 5.92 Å². The number of aliphatic hydroxyl groups is 1. The van der Waals surface area contributed by atoms with Crippen LogP contribution in [0.25, 0.3) is 0 Å². The lowest BCUT2D eigenvalue weighted by Crippen LogP contribution is -2.52. The minimum absolute atomic E-state index is 0.354. The van der Waals surface area contributed by atoms with Crippen LogP contribution >= 0.6 is 0 Å². The van der Waals surface area contributed by atoms with Crippen molar-refractivity contribution in [3.05, 3.63) is 0 Å². The van der Waals surface area contributed by atoms with Gasteiger partial charge in [-0.2, -0.15) is 17.0 Å². The summed E-state index contributed by atoms with van der Waals surface area (Å²) in [6, 6.07) is -0.354. The van der Waals surface area contributed by atoms with E-state index in [2.05, 4.69) is 12.2 Å². The molecule has 0 radical (unpaired) electrons. The molecule has 1 unspecified atom stereocenters. The number of aliphatic hydroxyl groups excluding tert-OH is 1. The summed E-state index contributed by atoms with van der Waals surface area (Å²) in [6.45, 7) is 4.23. The van der Waals surface area contributed by atoms with Crippen molar-refractivity contribution < 1.29 is 13.5 Å². The van der Waals surface area contributed by atoms with E-state index in [1.807, 2.05) is 0 Å². The molecule has 3 atom stereocenters. The summed E-state index contributed by atoms with van der Waals surface area (Å²) >= 11 is 0. The number of hydrogen-bond acceptors (Lipinski definition) is 4. The largest absolute Gasteiger partial charge is 0.390 e. The van der Waals surface area contributed by atoms with Crippen LogP contribution in [0.3, 0.4) is 0 Å². The Hall–Kier alpha value is -0.210. The molecule has 2 heterocycles. The van der Waals surface area contributed by atoms with Crippen molar-refractivity contribution in [3.8, 4) is 0 Å². The van der Waals surface area contributed by atoms with Gasteiger partial charge >= 0.3 is 0 Å². The van der Waals surface area contributed by atoms with Gasteiger partial charge in [0.1, 0.15) is 0 Å². The third-order valence-corrected chi connectivity index (χ3v) is 5.91. The Balaban J connectivity index is 2.09. The predicted molar refractivity (Wildman–Crippen MR) is 69.3 cm³/mol. The standard InChI is InChI=1S/C11H23N3O3S/c1-9-4-3-5-14(8-9)18(16,17)13(2)10-6-12-7-11(10)15/h9-12,15H,3-8H2,1-2H3/t9?,10-,11-/m1/s1. The van der Waals surface area contributed by atoms with E-state index in [1.165, 1.54) is 4.31 Å². The first-order valence-corrected chi connectivity index (χ1v) is 7.94. The van der Waals surface area contributed by atoms with Crippen molar-refractivity contribution in [2.45, 2.75) is 31.9 Å². The highest BCUT2D eigenvalue weighted by Gasteiger charge is 2.38. The fourth-order valence-corrected chi connectivity index (χ4v) is 4.46. The van der Waals surface area contributed by atoms with E-state index in [0.29, 0.717) is 32.1 Å². The van der Waals surface area contributed by atoms with E-state index < -0.39 is 16.3 Å². The first-order chi connectivity index (χ1) is 8.43. The highest BCUT2D eigenvalue weighted by Crippen LogP contribution is 2.22. The van der Waals surface area contributed by atoms with Crippen molar-refractivity contribution in [2.24, 2.45) is 5.92 Å². The molecule has 106 valence electrons. The monoisotopic (exact) mass is 277 g/mol. The smallest absolute Gasteiger partial charge is 0.282 e. The van der Waals surface area contributed by atoms with Crippen molar-refractivity contribution in [2.75, 3.05) is 33.2 Å². The SMILES string of the molecule is CC1CCCN(S(=O)(=O)N(C)[C@@H]2CNC[C@H]2O)C1. The fraction of sp³-hybridized carbons (Fsp3) is 1.00. The van der Waals surface area contributed by atoms with E-state index in [4.69, 9.17) is 0 Å². The van der Waals surface area contributed by atoms with Crippen LogP contribution in [-0.4, -0.2) is 67.5 Å². The molecular formula is C11H23N3O3S. The normalized spacial score (nSPS) is 35.2. The molecule has 2 saturated heterocycles. The van der Waals surface area contributed by atoms with Crippen LogP contribution in [0.1, 0.15) is 19.8 Å². The summed E-state index contributed by atoms with van der Waals surface area (Å²) in [5.41, 5.74) is 0. The van der Waals surface area contributed by atoms with Crippen LogP contribution in [0.15, 0.2) is 0 Å². The van der Waals surface area contributed by atoms with Gasteiger partial charge in [-0.3, -0.25) is 0 Å². The van der Waals surface area contributed by atoms with Crippen molar-refractivity contribution >= 4 is 10.2 Å². The Bertz CT molecular complexity index is 387. The quantitative estimate of drug-likeness (QED) is 0.710. The summed E-state index contributed by atoms with van der Waals surface area (Å²) in [4.78, 5) is 0. The maximum absolute atomic E-state index is 12.5. The van der Waals surface area contributed by atoms with Crippen molar-refractivity contribution in [1.29, 1.82) is 0 Å². The number of rotatable bonds is 3. The Morgan fingerprint density at radius 3 is 2.67 bits per heavy atom. The Kier molecular flexibility index (Phi) is 4.28. The number of hydrogen-bond donors (Lipinski definition) is 2. The van der Waals surface area contributed by atoms with Crippen LogP contribution in [0.2, 0.25) is 0 Å². The molecular weight excluding hydrogens is 254 g/mol. The molecule has 6 nitrogen and oxygen atoms in total. The Morgan fingerprint density at radius 2 is 2.11 bits per heavy atom. The lowest BCUT2D eigenvalue weighted by molar-refractivity contribution is 0.131. The fourth-order valence-electron chi connectivity index (χ4n) is 2.73. The van der Waals surface area contributed by atoms with Gasteiger partial charge in [0, 0.05) is 33.2 Å². The third kappa shape index (κ3) is 2.70. The van der Waals surface area contributed by atoms with Crippen LogP contribution < -0.4 is 5.32 Å². The second-order valence-electron chi connectivity index (χ2n) is 5.42. The highest BCUT2D eigenvalue weighted by molar-refractivity contribution is 7.86. The molecule has 2 aliphatic heterocycles.